The fourth-order valence-corrected chi connectivity index (χ4v) is 7.01. The highest BCUT2D eigenvalue weighted by Crippen LogP contribution is 2.46. The minimum absolute atomic E-state index is 0.0370. The van der Waals surface area contributed by atoms with E-state index in [4.69, 9.17) is 19.7 Å². The van der Waals surface area contributed by atoms with Gasteiger partial charge in [-0.15, -0.1) is 0 Å². The monoisotopic (exact) mass is 579 g/mol. The fourth-order valence-electron chi connectivity index (χ4n) is 7.01. The molecule has 2 atom stereocenters. The van der Waals surface area contributed by atoms with E-state index in [0.29, 0.717) is 25.0 Å². The fraction of sp³-hybridized carbons (Fsp3) is 0.429. The first-order valence-corrected chi connectivity index (χ1v) is 15.4. The van der Waals surface area contributed by atoms with Crippen molar-refractivity contribution in [3.05, 3.63) is 91.5 Å². The van der Waals surface area contributed by atoms with Crippen LogP contribution >= 0.6 is 0 Å². The van der Waals surface area contributed by atoms with Crippen LogP contribution in [0.5, 0.6) is 0 Å². The van der Waals surface area contributed by atoms with Crippen molar-refractivity contribution in [2.24, 2.45) is 26.8 Å². The van der Waals surface area contributed by atoms with Crippen molar-refractivity contribution in [3.63, 3.8) is 0 Å². The van der Waals surface area contributed by atoms with Crippen molar-refractivity contribution in [1.29, 1.82) is 0 Å². The molecule has 6 aliphatic rings. The number of likely N-dealkylation sites (N-methyl/N-ethyl adjacent to an activating group) is 1. The van der Waals surface area contributed by atoms with E-state index in [9.17, 15) is 9.90 Å². The highest BCUT2D eigenvalue weighted by Gasteiger charge is 2.41. The summed E-state index contributed by atoms with van der Waals surface area (Å²) in [6.07, 6.45) is 8.56. The zero-order chi connectivity index (χ0) is 30.6. The number of esters is 1. The van der Waals surface area contributed by atoms with Crippen LogP contribution in [0.3, 0.4) is 0 Å². The predicted molar refractivity (Wildman–Crippen MR) is 172 cm³/mol. The molecular weight excluding hydrogens is 538 g/mol. The Hall–Kier alpha value is -4.04. The average Bonchev–Trinajstić information content (AvgIpc) is 3.73. The van der Waals surface area contributed by atoms with E-state index in [1.807, 2.05) is 6.92 Å². The molecule has 8 nitrogen and oxygen atoms in total. The third-order valence-corrected chi connectivity index (χ3v) is 9.62. The van der Waals surface area contributed by atoms with Crippen LogP contribution in [0, 0.1) is 11.8 Å². The Kier molecular flexibility index (Phi) is 7.59. The highest BCUT2D eigenvalue weighted by molar-refractivity contribution is 6.21. The number of nitrogens with zero attached hydrogens (tertiary/aromatic N) is 3. The van der Waals surface area contributed by atoms with Crippen LogP contribution in [0.25, 0.3) is 0 Å². The standard InChI is InChI=1S/C35H41N5O3/c1-8-21-17(3)26-14-30-24(16-36-9-2)19(5)25(38-30)13-27-18(4)22(10-11-32(42)43-7)34(39-27)23-12-31(41)33-20(6)28(40-35(23)33)15-29(21)37-26/h13-15,18,22,36,39,41H,8-12,16H2,1-7H3/t18-,22-/m0/s1. The zero-order valence-electron chi connectivity index (χ0n) is 26.2. The van der Waals surface area contributed by atoms with Gasteiger partial charge in [0, 0.05) is 53.8 Å². The molecule has 1 saturated heterocycles. The molecule has 0 aromatic carbocycles. The smallest absolute Gasteiger partial charge is 0.305 e. The molecule has 8 heteroatoms. The molecule has 0 aromatic heterocycles. The molecule has 0 radical (unpaired) electrons. The van der Waals surface area contributed by atoms with Gasteiger partial charge >= 0.3 is 5.97 Å². The number of aliphatic hydroxyl groups excluding tert-OH is 1. The number of carbonyl (C=O) groups is 1. The molecule has 3 N–H and O–H groups in total. The zero-order valence-corrected chi connectivity index (χ0v) is 26.2. The van der Waals surface area contributed by atoms with Crippen molar-refractivity contribution in [3.8, 4) is 0 Å². The topological polar surface area (TPSA) is 108 Å². The quantitative estimate of drug-likeness (QED) is 0.311. The molecule has 0 unspecified atom stereocenters. The van der Waals surface area contributed by atoms with Crippen molar-refractivity contribution in [2.75, 3.05) is 20.2 Å². The lowest BCUT2D eigenvalue weighted by Crippen LogP contribution is -2.17. The highest BCUT2D eigenvalue weighted by atomic mass is 16.5. The van der Waals surface area contributed by atoms with E-state index < -0.39 is 0 Å². The van der Waals surface area contributed by atoms with E-state index in [-0.39, 0.29) is 17.8 Å². The summed E-state index contributed by atoms with van der Waals surface area (Å²) in [5, 5.41) is 18.5. The molecule has 5 heterocycles. The lowest BCUT2D eigenvalue weighted by atomic mass is 9.86. The number of aliphatic hydroxyl groups is 1. The molecular formula is C35H41N5O3. The van der Waals surface area contributed by atoms with E-state index in [1.165, 1.54) is 18.3 Å². The van der Waals surface area contributed by atoms with Crippen LogP contribution in [0.2, 0.25) is 0 Å². The number of allylic oxidation sites excluding steroid dienone is 11. The van der Waals surface area contributed by atoms with Crippen molar-refractivity contribution in [1.82, 2.24) is 10.6 Å². The Labute approximate surface area is 253 Å². The number of nitrogens with one attached hydrogen (secondary N) is 2. The second-order valence-electron chi connectivity index (χ2n) is 12.0. The first-order valence-electron chi connectivity index (χ1n) is 15.4. The number of rotatable bonds is 7. The van der Waals surface area contributed by atoms with Crippen LogP contribution in [0.1, 0.15) is 67.2 Å². The van der Waals surface area contributed by atoms with Gasteiger partial charge in [0.25, 0.3) is 0 Å². The van der Waals surface area contributed by atoms with Gasteiger partial charge in [-0.25, -0.2) is 15.0 Å². The Morgan fingerprint density at radius 2 is 1.72 bits per heavy atom. The summed E-state index contributed by atoms with van der Waals surface area (Å²) >= 11 is 0. The van der Waals surface area contributed by atoms with Gasteiger partial charge in [0.15, 0.2) is 0 Å². The molecule has 43 heavy (non-hydrogen) atoms. The average molecular weight is 580 g/mol. The predicted octanol–water partition coefficient (Wildman–Crippen LogP) is 6.22. The molecule has 6 rings (SSSR count). The van der Waals surface area contributed by atoms with E-state index in [2.05, 4.69) is 63.5 Å². The summed E-state index contributed by atoms with van der Waals surface area (Å²) in [6.45, 7) is 14.4. The molecule has 1 aliphatic carbocycles. The van der Waals surface area contributed by atoms with Gasteiger partial charge < -0.3 is 20.5 Å². The number of methoxy groups -OCH3 is 1. The summed E-state index contributed by atoms with van der Waals surface area (Å²) in [6, 6.07) is 0. The van der Waals surface area contributed by atoms with Gasteiger partial charge in [-0.3, -0.25) is 4.79 Å². The van der Waals surface area contributed by atoms with Gasteiger partial charge in [-0.1, -0.05) is 20.8 Å². The molecule has 1 fully saturated rings. The molecule has 0 saturated carbocycles. The van der Waals surface area contributed by atoms with Crippen LogP contribution in [-0.4, -0.2) is 48.4 Å². The maximum atomic E-state index is 12.2. The second kappa shape index (κ2) is 11.2. The Bertz CT molecular complexity index is 1680. The Morgan fingerprint density at radius 3 is 2.42 bits per heavy atom. The first kappa shape index (κ1) is 29.1. The maximum absolute atomic E-state index is 12.2. The van der Waals surface area contributed by atoms with Crippen molar-refractivity contribution >= 4 is 23.1 Å². The van der Waals surface area contributed by atoms with Gasteiger partial charge in [0.05, 0.1) is 41.3 Å². The summed E-state index contributed by atoms with van der Waals surface area (Å²) in [5.41, 5.74) is 14.8. The Morgan fingerprint density at radius 1 is 1.02 bits per heavy atom. The normalized spacial score (nSPS) is 24.4. The summed E-state index contributed by atoms with van der Waals surface area (Å²) < 4.78 is 4.99. The van der Waals surface area contributed by atoms with E-state index in [1.54, 1.807) is 0 Å². The van der Waals surface area contributed by atoms with Crippen LogP contribution in [0.15, 0.2) is 106 Å². The minimum atomic E-state index is -0.224. The number of aliphatic imine (C=N–C) groups is 3. The largest absolute Gasteiger partial charge is 0.511 e. The van der Waals surface area contributed by atoms with Crippen LogP contribution in [0.4, 0.5) is 0 Å². The van der Waals surface area contributed by atoms with Crippen LogP contribution < -0.4 is 10.6 Å². The number of ether oxygens (including phenoxy) is 1. The first-order chi connectivity index (χ1) is 20.7. The van der Waals surface area contributed by atoms with Gasteiger partial charge in [0.2, 0.25) is 0 Å². The number of hydrogen-bond acceptors (Lipinski definition) is 8. The SMILES string of the molecule is CCNCC1=C(C)C2=NC1=CC1=NC(=CC3=C(C)C4=C(O)CC(=C5NC(=C2)[C@@H](C)[C@@H]5CCC(=O)OC)C4=N3)C(CC)=C1C. The van der Waals surface area contributed by atoms with Gasteiger partial charge in [-0.05, 0) is 86.3 Å². The molecule has 5 aliphatic heterocycles. The Balaban J connectivity index is 1.58. The van der Waals surface area contributed by atoms with Gasteiger partial charge in [-0.2, -0.15) is 0 Å². The molecule has 224 valence electrons. The third kappa shape index (κ3) is 4.82. The lowest BCUT2D eigenvalue weighted by Gasteiger charge is -2.17. The van der Waals surface area contributed by atoms with Gasteiger partial charge in [0.1, 0.15) is 5.76 Å². The number of hydrogen-bond donors (Lipinski definition) is 3. The van der Waals surface area contributed by atoms with Crippen molar-refractivity contribution in [2.45, 2.75) is 67.2 Å². The molecule has 8 bridgehead atoms. The van der Waals surface area contributed by atoms with Crippen molar-refractivity contribution < 1.29 is 14.6 Å². The minimum Gasteiger partial charge on any atom is -0.511 e. The maximum Gasteiger partial charge on any atom is 0.305 e. The molecule has 0 amide bonds. The molecule has 0 aromatic rings. The molecule has 0 spiro atoms. The number of fused-ring (bicyclic) bond motifs is 5. The second-order valence-corrected chi connectivity index (χ2v) is 12.0. The lowest BCUT2D eigenvalue weighted by molar-refractivity contribution is -0.140. The van der Waals surface area contributed by atoms with Crippen LogP contribution in [-0.2, 0) is 9.53 Å². The number of carbonyl (C=O) groups excluding carboxylic acids is 1. The summed E-state index contributed by atoms with van der Waals surface area (Å²) in [7, 11) is 1.43. The van der Waals surface area contributed by atoms with E-state index >= 15 is 0 Å². The summed E-state index contributed by atoms with van der Waals surface area (Å²) in [5.74, 6) is 0.253. The summed E-state index contributed by atoms with van der Waals surface area (Å²) in [4.78, 5) is 27.6. The van der Waals surface area contributed by atoms with E-state index in [0.717, 1.165) is 93.0 Å². The third-order valence-electron chi connectivity index (χ3n) is 9.62.